The lowest BCUT2D eigenvalue weighted by molar-refractivity contribution is 0.0600. The molecule has 1 aromatic carbocycles. The molecule has 8 heteroatoms. The lowest BCUT2D eigenvalue weighted by Gasteiger charge is -2.12. The fourth-order valence-electron chi connectivity index (χ4n) is 2.80. The Labute approximate surface area is 171 Å². The maximum Gasteiger partial charge on any atom is 0.337 e. The summed E-state index contributed by atoms with van der Waals surface area (Å²) in [6.07, 6.45) is 0. The molecule has 0 saturated heterocycles. The van der Waals surface area contributed by atoms with Crippen LogP contribution >= 0.6 is 23.1 Å². The molecule has 3 rings (SSSR count). The highest BCUT2D eigenvalue weighted by Gasteiger charge is 2.17. The van der Waals surface area contributed by atoms with Crippen LogP contribution in [0.25, 0.3) is 10.2 Å². The van der Waals surface area contributed by atoms with Crippen molar-refractivity contribution < 1.29 is 14.3 Å². The first-order chi connectivity index (χ1) is 13.5. The van der Waals surface area contributed by atoms with Gasteiger partial charge in [-0.05, 0) is 37.1 Å². The van der Waals surface area contributed by atoms with E-state index in [1.165, 1.54) is 18.9 Å². The van der Waals surface area contributed by atoms with Gasteiger partial charge in [-0.2, -0.15) is 0 Å². The monoisotopic (exact) mass is 418 g/mol. The van der Waals surface area contributed by atoms with Crippen molar-refractivity contribution in [2.75, 3.05) is 20.8 Å². The number of carbonyl (C=O) groups excluding carboxylic acids is 1. The Morgan fingerprint density at radius 3 is 2.57 bits per heavy atom. The Morgan fingerprint density at radius 2 is 1.93 bits per heavy atom. The third-order valence-corrected chi connectivity index (χ3v) is 6.66. The van der Waals surface area contributed by atoms with Crippen LogP contribution in [-0.4, -0.2) is 36.3 Å². The highest BCUT2D eigenvalue weighted by molar-refractivity contribution is 7.98. The highest BCUT2D eigenvalue weighted by atomic mass is 32.2. The average Bonchev–Trinajstić information content (AvgIpc) is 2.99. The molecule has 0 aliphatic rings. The molecule has 0 aliphatic heterocycles. The summed E-state index contributed by atoms with van der Waals surface area (Å²) >= 11 is 3.05. The second-order valence-electron chi connectivity index (χ2n) is 6.28. The Kier molecular flexibility index (Phi) is 6.53. The molecule has 148 valence electrons. The number of esters is 1. The van der Waals surface area contributed by atoms with Gasteiger partial charge < -0.3 is 9.47 Å². The number of nitrogens with zero attached hydrogens (tertiary/aromatic N) is 2. The smallest absolute Gasteiger partial charge is 0.337 e. The number of fused-ring (bicyclic) bond motifs is 1. The van der Waals surface area contributed by atoms with Gasteiger partial charge in [-0.15, -0.1) is 11.3 Å². The van der Waals surface area contributed by atoms with E-state index < -0.39 is 0 Å². The molecule has 6 nitrogen and oxygen atoms in total. The number of carbonyl (C=O) groups is 1. The van der Waals surface area contributed by atoms with Crippen LogP contribution < -0.4 is 5.56 Å². The van der Waals surface area contributed by atoms with Gasteiger partial charge >= 0.3 is 5.97 Å². The molecule has 0 bridgehead atoms. The molecule has 0 N–H and O–H groups in total. The molecule has 0 amide bonds. The van der Waals surface area contributed by atoms with E-state index in [9.17, 15) is 9.59 Å². The Bertz CT molecular complexity index is 1050. The Balaban J connectivity index is 1.91. The standard InChI is InChI=1S/C20H22N2O4S2/c1-12-13(2)28-17-16(12)18(23)22(9-10-25-3)20(21-17)27-11-14-5-7-15(8-6-14)19(24)26-4/h5-8H,9-11H2,1-4H3. The molecule has 0 saturated carbocycles. The first-order valence-corrected chi connectivity index (χ1v) is 10.6. The van der Waals surface area contributed by atoms with Gasteiger partial charge in [0.15, 0.2) is 5.16 Å². The van der Waals surface area contributed by atoms with Crippen molar-refractivity contribution in [1.29, 1.82) is 0 Å². The summed E-state index contributed by atoms with van der Waals surface area (Å²) in [5.41, 5.74) is 2.52. The zero-order chi connectivity index (χ0) is 20.3. The second kappa shape index (κ2) is 8.89. The molecule has 0 fully saturated rings. The van der Waals surface area contributed by atoms with Gasteiger partial charge in [0.25, 0.3) is 5.56 Å². The van der Waals surface area contributed by atoms with E-state index in [2.05, 4.69) is 0 Å². The SMILES string of the molecule is COCCn1c(SCc2ccc(C(=O)OC)cc2)nc2sc(C)c(C)c2c1=O. The van der Waals surface area contributed by atoms with Crippen molar-refractivity contribution in [1.82, 2.24) is 9.55 Å². The number of ether oxygens (including phenoxy) is 2. The van der Waals surface area contributed by atoms with Gasteiger partial charge in [-0.25, -0.2) is 9.78 Å². The summed E-state index contributed by atoms with van der Waals surface area (Å²) in [7, 11) is 2.98. The number of methoxy groups -OCH3 is 2. The van der Waals surface area contributed by atoms with E-state index in [1.807, 2.05) is 26.0 Å². The second-order valence-corrected chi connectivity index (χ2v) is 8.43. The van der Waals surface area contributed by atoms with Crippen LogP contribution in [0.5, 0.6) is 0 Å². The lowest BCUT2D eigenvalue weighted by Crippen LogP contribution is -2.25. The predicted octanol–water partition coefficient (Wildman–Crippen LogP) is 3.80. The fraction of sp³-hybridized carbons (Fsp3) is 0.350. The highest BCUT2D eigenvalue weighted by Crippen LogP contribution is 2.29. The minimum Gasteiger partial charge on any atom is -0.465 e. The number of hydrogen-bond acceptors (Lipinski definition) is 7. The molecular formula is C20H22N2O4S2. The van der Waals surface area contributed by atoms with Crippen molar-refractivity contribution in [2.45, 2.75) is 31.3 Å². The summed E-state index contributed by atoms with van der Waals surface area (Å²) in [5.74, 6) is 0.276. The van der Waals surface area contributed by atoms with E-state index in [0.717, 1.165) is 20.8 Å². The van der Waals surface area contributed by atoms with E-state index in [0.29, 0.717) is 35.0 Å². The number of aromatic nitrogens is 2. The third-order valence-electron chi connectivity index (χ3n) is 4.52. The van der Waals surface area contributed by atoms with Gasteiger partial charge in [-0.3, -0.25) is 9.36 Å². The summed E-state index contributed by atoms with van der Waals surface area (Å²) in [4.78, 5) is 31.3. The lowest BCUT2D eigenvalue weighted by atomic mass is 10.1. The van der Waals surface area contributed by atoms with E-state index >= 15 is 0 Å². The van der Waals surface area contributed by atoms with E-state index in [1.54, 1.807) is 35.1 Å². The van der Waals surface area contributed by atoms with Gasteiger partial charge in [0.1, 0.15) is 4.83 Å². The normalized spacial score (nSPS) is 11.1. The molecule has 0 atom stereocenters. The number of aryl methyl sites for hydroxylation is 2. The van der Waals surface area contributed by atoms with Crippen LogP contribution in [0.15, 0.2) is 34.2 Å². The van der Waals surface area contributed by atoms with Crippen LogP contribution in [0.3, 0.4) is 0 Å². The van der Waals surface area contributed by atoms with E-state index in [4.69, 9.17) is 14.5 Å². The summed E-state index contributed by atoms with van der Waals surface area (Å²) < 4.78 is 11.6. The van der Waals surface area contributed by atoms with Crippen molar-refractivity contribution in [2.24, 2.45) is 0 Å². The molecule has 2 aromatic heterocycles. The van der Waals surface area contributed by atoms with E-state index in [-0.39, 0.29) is 11.5 Å². The first kappa shape index (κ1) is 20.6. The minimum absolute atomic E-state index is 0.0209. The van der Waals surface area contributed by atoms with Gasteiger partial charge in [-0.1, -0.05) is 23.9 Å². The molecule has 28 heavy (non-hydrogen) atoms. The van der Waals surface area contributed by atoms with Crippen molar-refractivity contribution in [3.05, 3.63) is 56.2 Å². The number of rotatable bonds is 7. The molecule has 0 spiro atoms. The molecular weight excluding hydrogens is 396 g/mol. The van der Waals surface area contributed by atoms with Crippen LogP contribution in [-0.2, 0) is 21.8 Å². The zero-order valence-corrected chi connectivity index (χ0v) is 17.9. The molecule has 0 unspecified atom stereocenters. The largest absolute Gasteiger partial charge is 0.465 e. The van der Waals surface area contributed by atoms with Gasteiger partial charge in [0.05, 0.1) is 31.2 Å². The number of thioether (sulfide) groups is 1. The number of thiophene rings is 1. The summed E-state index contributed by atoms with van der Waals surface area (Å²) in [6, 6.07) is 7.24. The molecule has 0 aliphatic carbocycles. The summed E-state index contributed by atoms with van der Waals surface area (Å²) in [6.45, 7) is 4.87. The van der Waals surface area contributed by atoms with Crippen molar-refractivity contribution >= 4 is 39.3 Å². The van der Waals surface area contributed by atoms with Crippen LogP contribution in [0.2, 0.25) is 0 Å². The molecule has 2 heterocycles. The van der Waals surface area contributed by atoms with Gasteiger partial charge in [0.2, 0.25) is 0 Å². The number of benzene rings is 1. The third kappa shape index (κ3) is 4.14. The number of hydrogen-bond donors (Lipinski definition) is 0. The Morgan fingerprint density at radius 1 is 1.21 bits per heavy atom. The zero-order valence-electron chi connectivity index (χ0n) is 16.3. The average molecular weight is 419 g/mol. The Hall–Kier alpha value is -2.16. The maximum absolute atomic E-state index is 13.1. The minimum atomic E-state index is -0.358. The fourth-order valence-corrected chi connectivity index (χ4v) is 4.85. The topological polar surface area (TPSA) is 70.4 Å². The van der Waals surface area contributed by atoms with Crippen molar-refractivity contribution in [3.8, 4) is 0 Å². The van der Waals surface area contributed by atoms with Crippen LogP contribution in [0.4, 0.5) is 0 Å². The van der Waals surface area contributed by atoms with Crippen LogP contribution in [0.1, 0.15) is 26.4 Å². The summed E-state index contributed by atoms with van der Waals surface area (Å²) in [5, 5.41) is 1.37. The van der Waals surface area contributed by atoms with Crippen LogP contribution in [0, 0.1) is 13.8 Å². The maximum atomic E-state index is 13.1. The molecule has 0 radical (unpaired) electrons. The first-order valence-electron chi connectivity index (χ1n) is 8.75. The van der Waals surface area contributed by atoms with Crippen molar-refractivity contribution in [3.63, 3.8) is 0 Å². The predicted molar refractivity (Wildman–Crippen MR) is 113 cm³/mol. The quantitative estimate of drug-likeness (QED) is 0.330. The van der Waals surface area contributed by atoms with Gasteiger partial charge in [0, 0.05) is 17.7 Å². The molecule has 3 aromatic rings.